The topological polar surface area (TPSA) is 127 Å². The van der Waals surface area contributed by atoms with Crippen LogP contribution in [0, 0.1) is 0 Å². The molecule has 0 aliphatic carbocycles. The quantitative estimate of drug-likeness (QED) is 0.524. The maximum atomic E-state index is 12.8. The van der Waals surface area contributed by atoms with E-state index in [0.717, 1.165) is 19.3 Å². The molecule has 0 saturated carbocycles. The van der Waals surface area contributed by atoms with Gasteiger partial charge in [0.2, 0.25) is 11.9 Å². The van der Waals surface area contributed by atoms with Crippen LogP contribution in [0.25, 0.3) is 11.0 Å². The fourth-order valence-corrected chi connectivity index (χ4v) is 3.46. The average molecular weight is 402 g/mol. The largest absolute Gasteiger partial charge is 0.378 e. The molecule has 1 aliphatic rings. The summed E-state index contributed by atoms with van der Waals surface area (Å²) < 4.78 is 5.48. The van der Waals surface area contributed by atoms with Gasteiger partial charge < -0.3 is 21.1 Å². The number of hydrogen-bond donors (Lipinski definition) is 4. The first-order chi connectivity index (χ1) is 13.9. The molecule has 3 rings (SSSR count). The van der Waals surface area contributed by atoms with Gasteiger partial charge in [-0.25, -0.2) is 4.98 Å². The van der Waals surface area contributed by atoms with Crippen molar-refractivity contribution in [1.29, 1.82) is 0 Å². The molecule has 1 amide bonds. The lowest BCUT2D eigenvalue weighted by molar-refractivity contribution is -0.131. The minimum atomic E-state index is -0.725. The SMILES string of the molecule is CCCCC(C)(CNC(=O)[C@@]1(C)COCCN1)Nc1nc(N)nc2cccnc12. The van der Waals surface area contributed by atoms with Gasteiger partial charge in [0.25, 0.3) is 0 Å². The van der Waals surface area contributed by atoms with Gasteiger partial charge in [-0.3, -0.25) is 15.1 Å². The van der Waals surface area contributed by atoms with Crippen LogP contribution in [0.4, 0.5) is 11.8 Å². The van der Waals surface area contributed by atoms with Crippen LogP contribution in [0.15, 0.2) is 18.3 Å². The third kappa shape index (κ3) is 5.10. The number of amides is 1. The molecule has 1 aliphatic heterocycles. The van der Waals surface area contributed by atoms with Gasteiger partial charge in [0.15, 0.2) is 5.82 Å². The van der Waals surface area contributed by atoms with Crippen molar-refractivity contribution in [3.8, 4) is 0 Å². The fourth-order valence-electron chi connectivity index (χ4n) is 3.46. The number of unbranched alkanes of at least 4 members (excludes halogenated alkanes) is 1. The van der Waals surface area contributed by atoms with Gasteiger partial charge in [0.05, 0.1) is 24.3 Å². The van der Waals surface area contributed by atoms with Crippen molar-refractivity contribution in [3.63, 3.8) is 0 Å². The molecule has 2 atom stereocenters. The lowest BCUT2D eigenvalue weighted by Gasteiger charge is -2.36. The van der Waals surface area contributed by atoms with E-state index in [4.69, 9.17) is 10.5 Å². The Kier molecular flexibility index (Phi) is 6.49. The summed E-state index contributed by atoms with van der Waals surface area (Å²) in [6.45, 7) is 8.14. The van der Waals surface area contributed by atoms with Crippen LogP contribution in [0.1, 0.15) is 40.0 Å². The smallest absolute Gasteiger partial charge is 0.242 e. The number of nitrogen functional groups attached to an aromatic ring is 1. The van der Waals surface area contributed by atoms with Gasteiger partial charge >= 0.3 is 0 Å². The number of hydrogen-bond acceptors (Lipinski definition) is 8. The standard InChI is InChI=1S/C20H31N7O2/c1-4-5-8-19(2,12-23-17(28)20(3)13-29-11-10-24-20)27-16-15-14(7-6-9-22-15)25-18(21)26-16/h6-7,9,24H,4-5,8,10-13H2,1-3H3,(H,23,28)(H3,21,25,26,27)/t19?,20-/m1/s1. The number of nitrogens with one attached hydrogen (secondary N) is 3. The lowest BCUT2D eigenvalue weighted by atomic mass is 9.93. The van der Waals surface area contributed by atoms with E-state index in [1.807, 2.05) is 19.1 Å². The Morgan fingerprint density at radius 3 is 3.00 bits per heavy atom. The average Bonchev–Trinajstić information content (AvgIpc) is 2.71. The molecule has 1 saturated heterocycles. The summed E-state index contributed by atoms with van der Waals surface area (Å²) in [5.74, 6) is 0.684. The Morgan fingerprint density at radius 1 is 1.45 bits per heavy atom. The van der Waals surface area contributed by atoms with Crippen molar-refractivity contribution in [2.45, 2.75) is 51.1 Å². The number of fused-ring (bicyclic) bond motifs is 1. The van der Waals surface area contributed by atoms with E-state index in [2.05, 4.69) is 44.7 Å². The zero-order valence-electron chi connectivity index (χ0n) is 17.4. The van der Waals surface area contributed by atoms with Gasteiger partial charge in [-0.05, 0) is 32.4 Å². The molecule has 0 radical (unpaired) electrons. The normalized spacial score (nSPS) is 21.5. The van der Waals surface area contributed by atoms with Crippen LogP contribution >= 0.6 is 0 Å². The number of morpholine rings is 1. The van der Waals surface area contributed by atoms with E-state index in [1.54, 1.807) is 6.20 Å². The fraction of sp³-hybridized carbons (Fsp3) is 0.600. The van der Waals surface area contributed by atoms with Crippen molar-refractivity contribution in [2.24, 2.45) is 0 Å². The third-order valence-corrected chi connectivity index (χ3v) is 5.27. The zero-order valence-corrected chi connectivity index (χ0v) is 17.4. The molecule has 2 aromatic rings. The van der Waals surface area contributed by atoms with Gasteiger partial charge in [-0.2, -0.15) is 4.98 Å². The Bertz CT molecular complexity index is 854. The number of rotatable bonds is 8. The van der Waals surface area contributed by atoms with Crippen LogP contribution in [-0.4, -0.2) is 58.2 Å². The number of nitrogens with zero attached hydrogens (tertiary/aromatic N) is 3. The highest BCUT2D eigenvalue weighted by Gasteiger charge is 2.36. The van der Waals surface area contributed by atoms with Crippen LogP contribution in [0.2, 0.25) is 0 Å². The number of anilines is 2. The predicted molar refractivity (Wildman–Crippen MR) is 114 cm³/mol. The van der Waals surface area contributed by atoms with E-state index in [9.17, 15) is 4.79 Å². The molecular formula is C20H31N7O2. The van der Waals surface area contributed by atoms with Crippen molar-refractivity contribution in [2.75, 3.05) is 37.4 Å². The van der Waals surface area contributed by atoms with Gasteiger partial charge in [0, 0.05) is 19.3 Å². The molecular weight excluding hydrogens is 370 g/mol. The minimum absolute atomic E-state index is 0.0769. The predicted octanol–water partition coefficient (Wildman–Crippen LogP) is 1.46. The van der Waals surface area contributed by atoms with Crippen LogP contribution in [-0.2, 0) is 9.53 Å². The second-order valence-electron chi connectivity index (χ2n) is 8.08. The first-order valence-corrected chi connectivity index (χ1v) is 10.1. The van der Waals surface area contributed by atoms with Gasteiger partial charge in [0.1, 0.15) is 11.1 Å². The second kappa shape index (κ2) is 8.87. The van der Waals surface area contributed by atoms with E-state index in [0.29, 0.717) is 43.2 Å². The first-order valence-electron chi connectivity index (χ1n) is 10.1. The highest BCUT2D eigenvalue weighted by atomic mass is 16.5. The zero-order chi connectivity index (χ0) is 20.9. The maximum Gasteiger partial charge on any atom is 0.242 e. The van der Waals surface area contributed by atoms with Crippen LogP contribution in [0.5, 0.6) is 0 Å². The van der Waals surface area contributed by atoms with E-state index >= 15 is 0 Å². The van der Waals surface area contributed by atoms with Crippen molar-refractivity contribution in [1.82, 2.24) is 25.6 Å². The summed E-state index contributed by atoms with van der Waals surface area (Å²) in [5.41, 5.74) is 6.08. The molecule has 3 heterocycles. The van der Waals surface area contributed by atoms with E-state index in [-0.39, 0.29) is 11.9 Å². The molecule has 29 heavy (non-hydrogen) atoms. The third-order valence-electron chi connectivity index (χ3n) is 5.27. The van der Waals surface area contributed by atoms with E-state index in [1.165, 1.54) is 0 Å². The highest BCUT2D eigenvalue weighted by molar-refractivity contribution is 5.87. The Morgan fingerprint density at radius 2 is 2.28 bits per heavy atom. The monoisotopic (exact) mass is 401 g/mol. The van der Waals surface area contributed by atoms with Crippen molar-refractivity contribution in [3.05, 3.63) is 18.3 Å². The number of nitrogens with two attached hydrogens (primary N) is 1. The van der Waals surface area contributed by atoms with Crippen LogP contribution in [0.3, 0.4) is 0 Å². The summed E-state index contributed by atoms with van der Waals surface area (Å²) in [5, 5.41) is 9.82. The lowest BCUT2D eigenvalue weighted by Crippen LogP contribution is -2.62. The summed E-state index contributed by atoms with van der Waals surface area (Å²) in [6, 6.07) is 3.67. The highest BCUT2D eigenvalue weighted by Crippen LogP contribution is 2.25. The summed E-state index contributed by atoms with van der Waals surface area (Å²) >= 11 is 0. The molecule has 5 N–H and O–H groups in total. The molecule has 0 aromatic carbocycles. The maximum absolute atomic E-state index is 12.8. The molecule has 0 bridgehead atoms. The minimum Gasteiger partial charge on any atom is -0.378 e. The van der Waals surface area contributed by atoms with Crippen molar-refractivity contribution < 1.29 is 9.53 Å². The number of carbonyl (C=O) groups is 1. The molecule has 2 aromatic heterocycles. The second-order valence-corrected chi connectivity index (χ2v) is 8.08. The Labute approximate surface area is 171 Å². The number of pyridine rings is 1. The molecule has 9 nitrogen and oxygen atoms in total. The number of aromatic nitrogens is 3. The molecule has 1 unspecified atom stereocenters. The van der Waals surface area contributed by atoms with Crippen molar-refractivity contribution >= 4 is 28.7 Å². The van der Waals surface area contributed by atoms with Gasteiger partial charge in [-0.1, -0.05) is 19.8 Å². The number of carbonyl (C=O) groups excluding carboxylic acids is 1. The van der Waals surface area contributed by atoms with Crippen LogP contribution < -0.4 is 21.7 Å². The molecule has 9 heteroatoms. The van der Waals surface area contributed by atoms with E-state index < -0.39 is 11.1 Å². The summed E-state index contributed by atoms with van der Waals surface area (Å²) in [4.78, 5) is 25.8. The molecule has 0 spiro atoms. The Hall–Kier alpha value is -2.52. The molecule has 1 fully saturated rings. The Balaban J connectivity index is 1.79. The first kappa shape index (κ1) is 21.2. The summed E-state index contributed by atoms with van der Waals surface area (Å²) in [7, 11) is 0. The summed E-state index contributed by atoms with van der Waals surface area (Å²) in [6.07, 6.45) is 4.60. The van der Waals surface area contributed by atoms with Gasteiger partial charge in [-0.15, -0.1) is 0 Å². The number of ether oxygens (including phenoxy) is 1. The molecule has 158 valence electrons.